The molecule has 234 valence electrons. The summed E-state index contributed by atoms with van der Waals surface area (Å²) in [5.74, 6) is -13.3. The summed E-state index contributed by atoms with van der Waals surface area (Å²) in [6, 6.07) is 7.54. The predicted molar refractivity (Wildman–Crippen MR) is 156 cm³/mol. The van der Waals surface area contributed by atoms with Crippen molar-refractivity contribution < 1.29 is 40.7 Å². The maximum Gasteiger partial charge on any atom is 0.364 e. The van der Waals surface area contributed by atoms with E-state index in [1.807, 2.05) is 0 Å². The Balaban J connectivity index is 1.52. The molecule has 0 radical (unpaired) electrons. The lowest BCUT2D eigenvalue weighted by atomic mass is 9.97. The number of hydrogen-bond acceptors (Lipinski definition) is 3. The summed E-state index contributed by atoms with van der Waals surface area (Å²) in [5.41, 5.74) is -1.06. The number of ketones is 2. The second kappa shape index (κ2) is 12.9. The van der Waals surface area contributed by atoms with Gasteiger partial charge < -0.3 is 5.32 Å². The van der Waals surface area contributed by atoms with Crippen molar-refractivity contribution in [2.45, 2.75) is 35.4 Å². The molecule has 44 heavy (non-hydrogen) atoms. The van der Waals surface area contributed by atoms with Gasteiger partial charge in [-0.15, -0.1) is 23.2 Å². The number of amides is 1. The molecule has 0 spiro atoms. The number of rotatable bonds is 10. The molecule has 1 saturated carbocycles. The third kappa shape index (κ3) is 6.95. The number of nitrogens with one attached hydrogen (secondary N) is 1. The van der Waals surface area contributed by atoms with E-state index in [2.05, 4.69) is 5.32 Å². The molecular formula is C28H15Cl6F6NO3. The van der Waals surface area contributed by atoms with Crippen molar-refractivity contribution in [1.29, 1.82) is 0 Å². The van der Waals surface area contributed by atoms with E-state index >= 15 is 0 Å². The highest BCUT2D eigenvalue weighted by molar-refractivity contribution is 6.54. The molecule has 4 rings (SSSR count). The molecule has 1 amide bonds. The van der Waals surface area contributed by atoms with E-state index in [0.717, 1.165) is 6.07 Å². The monoisotopic (exact) mass is 737 g/mol. The zero-order chi connectivity index (χ0) is 32.9. The van der Waals surface area contributed by atoms with E-state index in [-0.39, 0.29) is 37.4 Å². The fourth-order valence-corrected chi connectivity index (χ4v) is 6.12. The zero-order valence-electron chi connectivity index (χ0n) is 21.4. The highest BCUT2D eigenvalue weighted by Crippen LogP contribution is 2.65. The fourth-order valence-electron chi connectivity index (χ4n) is 4.46. The average molecular weight is 740 g/mol. The third-order valence-electron chi connectivity index (χ3n) is 6.80. The van der Waals surface area contributed by atoms with E-state index < -0.39 is 81.6 Å². The summed E-state index contributed by atoms with van der Waals surface area (Å²) < 4.78 is 78.9. The second-order valence-corrected chi connectivity index (χ2v) is 12.8. The topological polar surface area (TPSA) is 63.2 Å². The molecule has 3 aromatic carbocycles. The Kier molecular flexibility index (Phi) is 10.2. The smallest absolute Gasteiger partial charge is 0.326 e. The van der Waals surface area contributed by atoms with Crippen LogP contribution in [0, 0.1) is 17.6 Å². The van der Waals surface area contributed by atoms with Gasteiger partial charge in [-0.05, 0) is 53.1 Å². The van der Waals surface area contributed by atoms with Crippen LogP contribution in [0.3, 0.4) is 0 Å². The highest BCUT2D eigenvalue weighted by atomic mass is 35.5. The fraction of sp³-hybridized carbons (Fsp3) is 0.250. The predicted octanol–water partition coefficient (Wildman–Crippen LogP) is 9.54. The van der Waals surface area contributed by atoms with Gasteiger partial charge in [0, 0.05) is 36.1 Å². The van der Waals surface area contributed by atoms with Gasteiger partial charge >= 0.3 is 12.3 Å². The number of carbonyl (C=O) groups is 3. The molecule has 0 unspecified atom stereocenters. The normalized spacial score (nSPS) is 17.5. The van der Waals surface area contributed by atoms with E-state index in [1.165, 1.54) is 24.3 Å². The lowest BCUT2D eigenvalue weighted by molar-refractivity contribution is -0.166. The van der Waals surface area contributed by atoms with Crippen LogP contribution in [0.15, 0.2) is 42.5 Å². The lowest BCUT2D eigenvalue weighted by Gasteiger charge is -2.15. The molecule has 1 N–H and O–H groups in total. The van der Waals surface area contributed by atoms with Crippen LogP contribution >= 0.6 is 69.6 Å². The first-order chi connectivity index (χ1) is 20.4. The van der Waals surface area contributed by atoms with Crippen LogP contribution in [-0.4, -0.2) is 34.2 Å². The van der Waals surface area contributed by atoms with Crippen molar-refractivity contribution in [1.82, 2.24) is 0 Å². The SMILES string of the molecule is O=C(Cc1cc(CC(=O)C(F)(F)C(F)F)c(F)cc1F)c1cc(NC(=O)[C@H]2[C@H](c3cc(Cl)c(Cl)c(Cl)c3)C2(Cl)Cl)ccc1Cl. The summed E-state index contributed by atoms with van der Waals surface area (Å²) in [6.07, 6.45) is -6.61. The molecular weight excluding hydrogens is 725 g/mol. The lowest BCUT2D eigenvalue weighted by Crippen LogP contribution is -2.37. The van der Waals surface area contributed by atoms with Gasteiger partial charge in [-0.2, -0.15) is 8.78 Å². The van der Waals surface area contributed by atoms with Crippen LogP contribution < -0.4 is 5.32 Å². The maximum atomic E-state index is 14.5. The molecule has 16 heteroatoms. The van der Waals surface area contributed by atoms with Crippen LogP contribution in [-0.2, 0) is 22.4 Å². The number of alkyl halides is 6. The molecule has 0 aliphatic heterocycles. The average Bonchev–Trinajstić information content (AvgIpc) is 3.52. The van der Waals surface area contributed by atoms with E-state index in [9.17, 15) is 40.7 Å². The van der Waals surface area contributed by atoms with Crippen molar-refractivity contribution >= 4 is 92.8 Å². The Morgan fingerprint density at radius 2 is 1.41 bits per heavy atom. The highest BCUT2D eigenvalue weighted by Gasteiger charge is 2.67. The molecule has 1 aliphatic carbocycles. The molecule has 3 aromatic rings. The minimum absolute atomic E-state index is 0.0600. The Morgan fingerprint density at radius 3 is 1.98 bits per heavy atom. The summed E-state index contributed by atoms with van der Waals surface area (Å²) in [4.78, 5) is 37.8. The summed E-state index contributed by atoms with van der Waals surface area (Å²) in [6.45, 7) is 0. The van der Waals surface area contributed by atoms with Gasteiger partial charge in [-0.1, -0.05) is 46.4 Å². The quantitative estimate of drug-likeness (QED) is 0.0976. The minimum atomic E-state index is -5.06. The largest absolute Gasteiger partial charge is 0.364 e. The van der Waals surface area contributed by atoms with Crippen LogP contribution in [0.4, 0.5) is 32.0 Å². The van der Waals surface area contributed by atoms with Crippen LogP contribution in [0.25, 0.3) is 0 Å². The molecule has 4 nitrogen and oxygen atoms in total. The molecule has 2 atom stereocenters. The maximum absolute atomic E-state index is 14.5. The number of Topliss-reactive ketones (excluding diaryl/α,β-unsaturated/α-hetero) is 2. The van der Waals surface area contributed by atoms with Gasteiger partial charge in [-0.25, -0.2) is 17.6 Å². The van der Waals surface area contributed by atoms with Crippen molar-refractivity contribution in [2.24, 2.45) is 5.92 Å². The second-order valence-electron chi connectivity index (χ2n) is 9.77. The Hall–Kier alpha value is -2.21. The number of hydrogen-bond donors (Lipinski definition) is 1. The Morgan fingerprint density at radius 1 is 0.841 bits per heavy atom. The van der Waals surface area contributed by atoms with Gasteiger partial charge in [0.2, 0.25) is 11.7 Å². The molecule has 1 aliphatic rings. The van der Waals surface area contributed by atoms with Gasteiger partial charge in [0.15, 0.2) is 5.78 Å². The molecule has 0 saturated heterocycles. The zero-order valence-corrected chi connectivity index (χ0v) is 26.0. The number of anilines is 1. The van der Waals surface area contributed by atoms with Gasteiger partial charge in [-0.3, -0.25) is 14.4 Å². The first-order valence-corrected chi connectivity index (χ1v) is 14.4. The summed E-state index contributed by atoms with van der Waals surface area (Å²) >= 11 is 37.0. The van der Waals surface area contributed by atoms with Crippen molar-refractivity contribution in [2.75, 3.05) is 5.32 Å². The van der Waals surface area contributed by atoms with Crippen LogP contribution in [0.2, 0.25) is 20.1 Å². The minimum Gasteiger partial charge on any atom is -0.326 e. The van der Waals surface area contributed by atoms with Crippen molar-refractivity contribution in [3.05, 3.63) is 96.4 Å². The van der Waals surface area contributed by atoms with Crippen LogP contribution in [0.1, 0.15) is 33.0 Å². The molecule has 0 aromatic heterocycles. The number of halogens is 12. The van der Waals surface area contributed by atoms with Gasteiger partial charge in [0.25, 0.3) is 0 Å². The summed E-state index contributed by atoms with van der Waals surface area (Å²) in [7, 11) is 0. The third-order valence-corrected chi connectivity index (χ3v) is 9.27. The standard InChI is InChI=1S/C28H15Cl6F6NO3/c29-15-2-1-13(41-25(44)23-22(27(23,33)34)12-4-16(30)24(32)17(31)5-12)8-14(15)20(42)6-10-3-11(19(36)9-18(10)35)7-21(43)28(39,40)26(37)38/h1-5,8-9,22-23,26H,6-7H2,(H,41,44)/t22-,23+/m0/s1. The Bertz CT molecular complexity index is 1660. The Labute approximate surface area is 275 Å². The number of carbonyl (C=O) groups excluding carboxylic acids is 3. The first-order valence-electron chi connectivity index (χ1n) is 12.2. The van der Waals surface area contributed by atoms with Crippen molar-refractivity contribution in [3.8, 4) is 0 Å². The van der Waals surface area contributed by atoms with Gasteiger partial charge in [0.05, 0.1) is 26.0 Å². The van der Waals surface area contributed by atoms with E-state index in [0.29, 0.717) is 11.6 Å². The van der Waals surface area contributed by atoms with Crippen molar-refractivity contribution in [3.63, 3.8) is 0 Å². The molecule has 1 fully saturated rings. The molecule has 0 bridgehead atoms. The summed E-state index contributed by atoms with van der Waals surface area (Å²) in [5, 5.41) is 2.77. The first kappa shape index (κ1) is 34.7. The number of benzene rings is 3. The molecule has 0 heterocycles. The van der Waals surface area contributed by atoms with Crippen LogP contribution in [0.5, 0.6) is 0 Å². The van der Waals surface area contributed by atoms with E-state index in [1.54, 1.807) is 0 Å². The van der Waals surface area contributed by atoms with E-state index in [4.69, 9.17) is 69.6 Å². The van der Waals surface area contributed by atoms with Gasteiger partial charge in [0.1, 0.15) is 16.0 Å².